The summed E-state index contributed by atoms with van der Waals surface area (Å²) in [5.74, 6) is -1.95. The van der Waals surface area contributed by atoms with Gasteiger partial charge in [0.15, 0.2) is 11.6 Å². The van der Waals surface area contributed by atoms with Crippen molar-refractivity contribution < 1.29 is 18.3 Å². The van der Waals surface area contributed by atoms with Crippen LogP contribution in [0, 0.1) is 11.6 Å². The molecule has 3 nitrogen and oxygen atoms in total. The molecule has 0 radical (unpaired) electrons. The molecule has 0 aromatic heterocycles. The molecule has 0 aliphatic rings. The maximum atomic E-state index is 13.5. The highest BCUT2D eigenvalue weighted by molar-refractivity contribution is 6.31. The van der Waals surface area contributed by atoms with E-state index in [1.54, 1.807) is 0 Å². The van der Waals surface area contributed by atoms with E-state index in [4.69, 9.17) is 16.3 Å². The molecule has 2 aromatic rings. The molecule has 2 rings (SSSR count). The zero-order chi connectivity index (χ0) is 14.7. The number of hydrogen-bond donors (Lipinski definition) is 1. The molecular formula is C14H10ClF2NO2. The van der Waals surface area contributed by atoms with Crippen molar-refractivity contribution >= 4 is 23.2 Å². The van der Waals surface area contributed by atoms with Gasteiger partial charge in [0, 0.05) is 16.8 Å². The topological polar surface area (TPSA) is 38.3 Å². The fourth-order valence-corrected chi connectivity index (χ4v) is 1.78. The van der Waals surface area contributed by atoms with Gasteiger partial charge in [-0.25, -0.2) is 8.78 Å². The van der Waals surface area contributed by atoms with E-state index in [0.29, 0.717) is 0 Å². The van der Waals surface area contributed by atoms with Crippen LogP contribution in [0.2, 0.25) is 5.02 Å². The van der Waals surface area contributed by atoms with Crippen molar-refractivity contribution in [3.63, 3.8) is 0 Å². The van der Waals surface area contributed by atoms with Gasteiger partial charge in [-0.05, 0) is 30.3 Å². The molecule has 1 N–H and O–H groups in total. The highest BCUT2D eigenvalue weighted by Gasteiger charge is 2.13. The van der Waals surface area contributed by atoms with Crippen LogP contribution in [0.15, 0.2) is 36.4 Å². The Morgan fingerprint density at radius 3 is 2.55 bits per heavy atom. The van der Waals surface area contributed by atoms with Crippen LogP contribution in [0.4, 0.5) is 14.5 Å². The van der Waals surface area contributed by atoms with Crippen LogP contribution in [-0.4, -0.2) is 13.0 Å². The highest BCUT2D eigenvalue weighted by atomic mass is 35.5. The van der Waals surface area contributed by atoms with Crippen LogP contribution < -0.4 is 10.1 Å². The Kier molecular flexibility index (Phi) is 4.20. The summed E-state index contributed by atoms with van der Waals surface area (Å²) in [7, 11) is 1.31. The summed E-state index contributed by atoms with van der Waals surface area (Å²) < 4.78 is 31.6. The number of benzene rings is 2. The Labute approximate surface area is 119 Å². The number of anilines is 1. The van der Waals surface area contributed by atoms with Crippen LogP contribution in [-0.2, 0) is 0 Å². The number of rotatable bonds is 3. The first kappa shape index (κ1) is 14.3. The second-order valence-corrected chi connectivity index (χ2v) is 4.36. The summed E-state index contributed by atoms with van der Waals surface area (Å²) in [6.45, 7) is 0. The van der Waals surface area contributed by atoms with Gasteiger partial charge >= 0.3 is 0 Å². The predicted octanol–water partition coefficient (Wildman–Crippen LogP) is 3.88. The van der Waals surface area contributed by atoms with E-state index in [2.05, 4.69) is 5.32 Å². The van der Waals surface area contributed by atoms with Gasteiger partial charge in [-0.2, -0.15) is 0 Å². The Hall–Kier alpha value is -2.14. The number of ether oxygens (including phenoxy) is 1. The predicted molar refractivity (Wildman–Crippen MR) is 72.3 cm³/mol. The van der Waals surface area contributed by atoms with Crippen LogP contribution in [0.1, 0.15) is 10.4 Å². The van der Waals surface area contributed by atoms with Crippen molar-refractivity contribution in [3.8, 4) is 5.75 Å². The minimum atomic E-state index is -0.694. The quantitative estimate of drug-likeness (QED) is 0.933. The van der Waals surface area contributed by atoms with Gasteiger partial charge in [-0.3, -0.25) is 4.79 Å². The Morgan fingerprint density at radius 2 is 1.85 bits per heavy atom. The second-order valence-electron chi connectivity index (χ2n) is 3.93. The summed E-state index contributed by atoms with van der Waals surface area (Å²) in [5.41, 5.74) is 0.0911. The lowest BCUT2D eigenvalue weighted by Crippen LogP contribution is -2.13. The van der Waals surface area contributed by atoms with Crippen LogP contribution in [0.3, 0.4) is 0 Å². The number of nitrogens with one attached hydrogen (secondary N) is 1. The first-order valence-electron chi connectivity index (χ1n) is 5.61. The van der Waals surface area contributed by atoms with E-state index in [-0.39, 0.29) is 22.0 Å². The fourth-order valence-electron chi connectivity index (χ4n) is 1.61. The molecule has 20 heavy (non-hydrogen) atoms. The molecule has 6 heteroatoms. The lowest BCUT2D eigenvalue weighted by atomic mass is 10.2. The number of amides is 1. The molecule has 0 aliphatic carbocycles. The molecular weight excluding hydrogens is 288 g/mol. The first-order valence-corrected chi connectivity index (χ1v) is 5.99. The first-order chi connectivity index (χ1) is 9.51. The van der Waals surface area contributed by atoms with Crippen LogP contribution in [0.25, 0.3) is 0 Å². The maximum Gasteiger partial charge on any atom is 0.258 e. The SMILES string of the molecule is COc1cc(NC(=O)c2cc(Cl)ccc2F)ccc1F. The number of methoxy groups -OCH3 is 1. The van der Waals surface area contributed by atoms with E-state index in [1.807, 2.05) is 0 Å². The Bertz CT molecular complexity index is 662. The van der Waals surface area contributed by atoms with Crippen molar-refractivity contribution in [2.75, 3.05) is 12.4 Å². The standard InChI is InChI=1S/C14H10ClF2NO2/c1-20-13-7-9(3-5-12(13)17)18-14(19)10-6-8(15)2-4-11(10)16/h2-7H,1H3,(H,18,19). The van der Waals surface area contributed by atoms with E-state index in [0.717, 1.165) is 12.1 Å². The molecule has 1 amide bonds. The molecule has 2 aromatic carbocycles. The van der Waals surface area contributed by atoms with Gasteiger partial charge in [-0.15, -0.1) is 0 Å². The summed E-state index contributed by atoms with van der Waals surface area (Å²) in [6.07, 6.45) is 0. The highest BCUT2D eigenvalue weighted by Crippen LogP contribution is 2.22. The summed E-state index contributed by atoms with van der Waals surface area (Å²) in [6, 6.07) is 7.45. The number of carbonyl (C=O) groups excluding carboxylic acids is 1. The molecule has 0 saturated heterocycles. The van der Waals surface area contributed by atoms with Gasteiger partial charge in [0.1, 0.15) is 5.82 Å². The molecule has 0 unspecified atom stereocenters. The van der Waals surface area contributed by atoms with Crippen LogP contribution in [0.5, 0.6) is 5.75 Å². The summed E-state index contributed by atoms with van der Waals surface area (Å²) in [4.78, 5) is 11.9. The van der Waals surface area contributed by atoms with Crippen molar-refractivity contribution in [1.29, 1.82) is 0 Å². The third-order valence-corrected chi connectivity index (χ3v) is 2.82. The minimum Gasteiger partial charge on any atom is -0.494 e. The van der Waals surface area contributed by atoms with E-state index < -0.39 is 17.5 Å². The van der Waals surface area contributed by atoms with E-state index >= 15 is 0 Å². The largest absolute Gasteiger partial charge is 0.494 e. The van der Waals surface area contributed by atoms with E-state index in [1.165, 1.54) is 31.4 Å². The lowest BCUT2D eigenvalue weighted by Gasteiger charge is -2.08. The third kappa shape index (κ3) is 3.05. The molecule has 0 atom stereocenters. The number of halogens is 3. The average Bonchev–Trinajstić information content (AvgIpc) is 2.43. The Morgan fingerprint density at radius 1 is 1.15 bits per heavy atom. The lowest BCUT2D eigenvalue weighted by molar-refractivity contribution is 0.102. The van der Waals surface area contributed by atoms with Gasteiger partial charge < -0.3 is 10.1 Å². The van der Waals surface area contributed by atoms with Crippen molar-refractivity contribution in [2.45, 2.75) is 0 Å². The van der Waals surface area contributed by atoms with E-state index in [9.17, 15) is 13.6 Å². The van der Waals surface area contributed by atoms with Gasteiger partial charge in [0.05, 0.1) is 12.7 Å². The monoisotopic (exact) mass is 297 g/mol. The van der Waals surface area contributed by atoms with Gasteiger partial charge in [0.25, 0.3) is 5.91 Å². The molecule has 0 spiro atoms. The fraction of sp³-hybridized carbons (Fsp3) is 0.0714. The molecule has 0 fully saturated rings. The number of carbonyl (C=O) groups is 1. The summed E-state index contributed by atoms with van der Waals surface area (Å²) in [5, 5.41) is 2.69. The van der Waals surface area contributed by atoms with Crippen molar-refractivity contribution in [1.82, 2.24) is 0 Å². The molecule has 104 valence electrons. The third-order valence-electron chi connectivity index (χ3n) is 2.58. The molecule has 0 aliphatic heterocycles. The average molecular weight is 298 g/mol. The second kappa shape index (κ2) is 5.88. The zero-order valence-electron chi connectivity index (χ0n) is 10.4. The van der Waals surface area contributed by atoms with Crippen molar-refractivity contribution in [2.24, 2.45) is 0 Å². The molecule has 0 heterocycles. The summed E-state index contributed by atoms with van der Waals surface area (Å²) >= 11 is 5.72. The zero-order valence-corrected chi connectivity index (χ0v) is 11.2. The van der Waals surface area contributed by atoms with Gasteiger partial charge in [0.2, 0.25) is 0 Å². The number of hydrogen-bond acceptors (Lipinski definition) is 2. The smallest absolute Gasteiger partial charge is 0.258 e. The molecule has 0 bridgehead atoms. The molecule has 0 saturated carbocycles. The van der Waals surface area contributed by atoms with Gasteiger partial charge in [-0.1, -0.05) is 11.6 Å². The van der Waals surface area contributed by atoms with Crippen LogP contribution >= 0.6 is 11.6 Å². The minimum absolute atomic E-state index is 0.0191. The van der Waals surface area contributed by atoms with Crippen molar-refractivity contribution in [3.05, 3.63) is 58.6 Å². The normalized spacial score (nSPS) is 10.2. The maximum absolute atomic E-state index is 13.5. The Balaban J connectivity index is 2.25.